The maximum atomic E-state index is 12.6. The molecule has 1 fully saturated rings. The van der Waals surface area contributed by atoms with Gasteiger partial charge in [0.1, 0.15) is 0 Å². The van der Waals surface area contributed by atoms with Crippen LogP contribution in [-0.2, 0) is 9.59 Å². The van der Waals surface area contributed by atoms with Gasteiger partial charge in [0.25, 0.3) is 0 Å². The molecule has 2 unspecified atom stereocenters. The third kappa shape index (κ3) is 7.28. The van der Waals surface area contributed by atoms with Crippen molar-refractivity contribution in [3.05, 3.63) is 59.7 Å². The first-order valence-corrected chi connectivity index (χ1v) is 11.9. The molecule has 2 amide bonds. The number of ether oxygens (including phenoxy) is 4. The molecule has 0 aromatic heterocycles. The fourth-order valence-electron chi connectivity index (χ4n) is 4.19. The minimum atomic E-state index is -0.211. The molecule has 8 heteroatoms. The molecule has 2 atom stereocenters. The van der Waals surface area contributed by atoms with E-state index in [0.717, 1.165) is 36.8 Å². The summed E-state index contributed by atoms with van der Waals surface area (Å²) in [7, 11) is 6.29. The first-order chi connectivity index (χ1) is 17.5. The second-order valence-electron chi connectivity index (χ2n) is 8.41. The Balaban J connectivity index is 1.59. The van der Waals surface area contributed by atoms with Crippen molar-refractivity contribution in [3.8, 4) is 23.0 Å². The number of carbonyl (C=O) groups is 2. The Morgan fingerprint density at radius 2 is 1.06 bits per heavy atom. The molecule has 0 bridgehead atoms. The van der Waals surface area contributed by atoms with Gasteiger partial charge in [0, 0.05) is 24.2 Å². The van der Waals surface area contributed by atoms with Gasteiger partial charge >= 0.3 is 0 Å². The summed E-state index contributed by atoms with van der Waals surface area (Å²) in [5.74, 6) is 2.02. The standard InChI is InChI=1S/C28H34N2O6/c1-33-23-13-9-19(17-25(23)35-3)11-15-27(31)29-21-7-5-6-8-22(21)30-28(32)16-12-20-10-14-24(34-2)26(18-20)36-4/h9-18,21-22H,5-8H2,1-4H3,(H,29,31)(H,30,32). The summed E-state index contributed by atoms with van der Waals surface area (Å²) in [4.78, 5) is 25.2. The second kappa shape index (κ2) is 13.2. The normalized spacial score (nSPS) is 17.6. The Hall–Kier alpha value is -3.94. The molecule has 2 aromatic rings. The second-order valence-corrected chi connectivity index (χ2v) is 8.41. The fourth-order valence-corrected chi connectivity index (χ4v) is 4.19. The monoisotopic (exact) mass is 494 g/mol. The first kappa shape index (κ1) is 26.7. The van der Waals surface area contributed by atoms with E-state index in [2.05, 4.69) is 10.6 Å². The molecule has 2 N–H and O–H groups in total. The average Bonchev–Trinajstić information content (AvgIpc) is 2.91. The van der Waals surface area contributed by atoms with Crippen LogP contribution in [-0.4, -0.2) is 52.3 Å². The number of methoxy groups -OCH3 is 4. The topological polar surface area (TPSA) is 95.1 Å². The van der Waals surface area contributed by atoms with Crippen molar-refractivity contribution in [1.29, 1.82) is 0 Å². The van der Waals surface area contributed by atoms with E-state index >= 15 is 0 Å². The number of carbonyl (C=O) groups excluding carboxylic acids is 2. The maximum Gasteiger partial charge on any atom is 0.244 e. The molecule has 1 aliphatic rings. The Labute approximate surface area is 212 Å². The van der Waals surface area contributed by atoms with Crippen LogP contribution in [0.3, 0.4) is 0 Å². The van der Waals surface area contributed by atoms with Crippen LogP contribution in [0.2, 0.25) is 0 Å². The van der Waals surface area contributed by atoms with Crippen molar-refractivity contribution in [1.82, 2.24) is 10.6 Å². The zero-order chi connectivity index (χ0) is 25.9. The highest BCUT2D eigenvalue weighted by Crippen LogP contribution is 2.29. The lowest BCUT2D eigenvalue weighted by Gasteiger charge is -2.32. The van der Waals surface area contributed by atoms with E-state index in [4.69, 9.17) is 18.9 Å². The molecule has 1 saturated carbocycles. The van der Waals surface area contributed by atoms with E-state index in [1.54, 1.807) is 64.9 Å². The van der Waals surface area contributed by atoms with Crippen LogP contribution >= 0.6 is 0 Å². The smallest absolute Gasteiger partial charge is 0.244 e. The molecule has 0 heterocycles. The van der Waals surface area contributed by atoms with Gasteiger partial charge < -0.3 is 29.6 Å². The van der Waals surface area contributed by atoms with E-state index in [0.29, 0.717) is 23.0 Å². The summed E-state index contributed by atoms with van der Waals surface area (Å²) in [5.41, 5.74) is 1.63. The van der Waals surface area contributed by atoms with E-state index in [1.165, 1.54) is 12.2 Å². The molecule has 8 nitrogen and oxygen atoms in total. The van der Waals surface area contributed by atoms with Crippen LogP contribution in [0, 0.1) is 0 Å². The number of rotatable bonds is 10. The van der Waals surface area contributed by atoms with E-state index < -0.39 is 0 Å². The molecule has 0 spiro atoms. The molecule has 1 aliphatic carbocycles. The number of nitrogens with one attached hydrogen (secondary N) is 2. The minimum Gasteiger partial charge on any atom is -0.493 e. The summed E-state index contributed by atoms with van der Waals surface area (Å²) in [5, 5.41) is 6.09. The highest BCUT2D eigenvalue weighted by Gasteiger charge is 2.26. The number of amides is 2. The van der Waals surface area contributed by atoms with Crippen molar-refractivity contribution in [2.75, 3.05) is 28.4 Å². The van der Waals surface area contributed by atoms with Gasteiger partial charge in [-0.15, -0.1) is 0 Å². The quantitative estimate of drug-likeness (QED) is 0.485. The lowest BCUT2D eigenvalue weighted by molar-refractivity contribution is -0.120. The largest absolute Gasteiger partial charge is 0.493 e. The van der Waals surface area contributed by atoms with Crippen molar-refractivity contribution in [3.63, 3.8) is 0 Å². The zero-order valence-electron chi connectivity index (χ0n) is 21.2. The third-order valence-electron chi connectivity index (χ3n) is 6.09. The number of hydrogen-bond acceptors (Lipinski definition) is 6. The summed E-state index contributed by atoms with van der Waals surface area (Å²) in [6, 6.07) is 10.6. The van der Waals surface area contributed by atoms with Gasteiger partial charge in [0.2, 0.25) is 11.8 Å². The van der Waals surface area contributed by atoms with E-state index in [-0.39, 0.29) is 23.9 Å². The highest BCUT2D eigenvalue weighted by molar-refractivity contribution is 5.93. The summed E-state index contributed by atoms with van der Waals surface area (Å²) in [6.45, 7) is 0. The SMILES string of the molecule is COc1ccc(C=CC(=O)NC2CCCCC2NC(=O)C=Cc2ccc(OC)c(OC)c2)cc1OC. The van der Waals surface area contributed by atoms with Crippen LogP contribution in [0.5, 0.6) is 23.0 Å². The zero-order valence-corrected chi connectivity index (χ0v) is 21.2. The van der Waals surface area contributed by atoms with Crippen LogP contribution in [0.25, 0.3) is 12.2 Å². The Morgan fingerprint density at radius 3 is 1.42 bits per heavy atom. The van der Waals surface area contributed by atoms with Gasteiger partial charge in [-0.2, -0.15) is 0 Å². The Morgan fingerprint density at radius 1 is 0.667 bits per heavy atom. The fraction of sp³-hybridized carbons (Fsp3) is 0.357. The molecular formula is C28H34N2O6. The van der Waals surface area contributed by atoms with Crippen molar-refractivity contribution < 1.29 is 28.5 Å². The maximum absolute atomic E-state index is 12.6. The minimum absolute atomic E-state index is 0.139. The van der Waals surface area contributed by atoms with Gasteiger partial charge in [-0.05, 0) is 60.4 Å². The van der Waals surface area contributed by atoms with Gasteiger partial charge in [0.05, 0.1) is 28.4 Å². The molecule has 3 rings (SSSR count). The molecule has 192 valence electrons. The van der Waals surface area contributed by atoms with Gasteiger partial charge in [-0.3, -0.25) is 9.59 Å². The Bertz CT molecular complexity index is 1020. The van der Waals surface area contributed by atoms with Crippen molar-refractivity contribution in [2.45, 2.75) is 37.8 Å². The molecule has 36 heavy (non-hydrogen) atoms. The van der Waals surface area contributed by atoms with Crippen molar-refractivity contribution >= 4 is 24.0 Å². The van der Waals surface area contributed by atoms with E-state index in [1.807, 2.05) is 12.1 Å². The van der Waals surface area contributed by atoms with Gasteiger partial charge in [0.15, 0.2) is 23.0 Å². The van der Waals surface area contributed by atoms with Crippen LogP contribution in [0.15, 0.2) is 48.6 Å². The molecular weight excluding hydrogens is 460 g/mol. The van der Waals surface area contributed by atoms with Crippen LogP contribution in [0.4, 0.5) is 0 Å². The molecule has 0 saturated heterocycles. The Kier molecular flexibility index (Phi) is 9.80. The van der Waals surface area contributed by atoms with Crippen LogP contribution < -0.4 is 29.6 Å². The molecule has 2 aromatic carbocycles. The molecule has 0 aliphatic heterocycles. The highest BCUT2D eigenvalue weighted by atomic mass is 16.5. The summed E-state index contributed by atoms with van der Waals surface area (Å²) < 4.78 is 21.1. The predicted molar refractivity (Wildman–Crippen MR) is 139 cm³/mol. The predicted octanol–water partition coefficient (Wildman–Crippen LogP) is 3.99. The van der Waals surface area contributed by atoms with E-state index in [9.17, 15) is 9.59 Å². The van der Waals surface area contributed by atoms with Crippen molar-refractivity contribution in [2.24, 2.45) is 0 Å². The summed E-state index contributed by atoms with van der Waals surface area (Å²) in [6.07, 6.45) is 10.0. The number of benzene rings is 2. The lowest BCUT2D eigenvalue weighted by atomic mass is 9.90. The first-order valence-electron chi connectivity index (χ1n) is 11.9. The average molecular weight is 495 g/mol. The molecule has 0 radical (unpaired) electrons. The lowest BCUT2D eigenvalue weighted by Crippen LogP contribution is -2.52. The third-order valence-corrected chi connectivity index (χ3v) is 6.09. The van der Waals surface area contributed by atoms with Gasteiger partial charge in [-0.25, -0.2) is 0 Å². The number of hydrogen-bond donors (Lipinski definition) is 2. The van der Waals surface area contributed by atoms with Gasteiger partial charge in [-0.1, -0.05) is 25.0 Å². The summed E-state index contributed by atoms with van der Waals surface area (Å²) >= 11 is 0. The van der Waals surface area contributed by atoms with Crippen LogP contribution in [0.1, 0.15) is 36.8 Å².